The van der Waals surface area contributed by atoms with Gasteiger partial charge in [0.15, 0.2) is 0 Å². The summed E-state index contributed by atoms with van der Waals surface area (Å²) in [6.07, 6.45) is 2.71. The van der Waals surface area contributed by atoms with Crippen LogP contribution in [-0.2, 0) is 16.4 Å². The van der Waals surface area contributed by atoms with Gasteiger partial charge < -0.3 is 9.30 Å². The molecule has 0 unspecified atom stereocenters. The number of nitrogens with zero attached hydrogens (tertiary/aromatic N) is 1. The Kier molecular flexibility index (Phi) is 5.34. The fourth-order valence-corrected chi connectivity index (χ4v) is 4.11. The molecule has 0 spiro atoms. The molecule has 0 fully saturated rings. The molecule has 1 aromatic heterocycles. The third kappa shape index (κ3) is 3.76. The molecule has 0 radical (unpaired) electrons. The van der Waals surface area contributed by atoms with Gasteiger partial charge in [0, 0.05) is 29.7 Å². The summed E-state index contributed by atoms with van der Waals surface area (Å²) in [6.45, 7) is 4.60. The quantitative estimate of drug-likeness (QED) is 0.687. The zero-order chi connectivity index (χ0) is 18.7. The molecular formula is C20H24N2O3S. The van der Waals surface area contributed by atoms with Gasteiger partial charge in [0.1, 0.15) is 5.75 Å². The van der Waals surface area contributed by atoms with Gasteiger partial charge in [-0.1, -0.05) is 18.2 Å². The Hall–Kier alpha value is -2.31. The predicted molar refractivity (Wildman–Crippen MR) is 104 cm³/mol. The highest BCUT2D eigenvalue weighted by atomic mass is 32.2. The number of benzene rings is 2. The molecule has 26 heavy (non-hydrogen) atoms. The molecule has 3 rings (SSSR count). The molecule has 0 aliphatic heterocycles. The first kappa shape index (κ1) is 18.5. The van der Waals surface area contributed by atoms with E-state index in [9.17, 15) is 8.42 Å². The smallest absolute Gasteiger partial charge is 0.240 e. The van der Waals surface area contributed by atoms with E-state index in [0.717, 1.165) is 22.2 Å². The summed E-state index contributed by atoms with van der Waals surface area (Å²) in [7, 11) is -1.84. The predicted octanol–water partition coefficient (Wildman–Crippen LogP) is 3.75. The van der Waals surface area contributed by atoms with E-state index < -0.39 is 10.0 Å². The second-order valence-corrected chi connectivity index (χ2v) is 8.27. The van der Waals surface area contributed by atoms with Crippen LogP contribution in [0.2, 0.25) is 0 Å². The number of hydrogen-bond donors (Lipinski definition) is 1. The van der Waals surface area contributed by atoms with Gasteiger partial charge in [-0.3, -0.25) is 0 Å². The summed E-state index contributed by atoms with van der Waals surface area (Å²) in [6, 6.07) is 14.8. The Balaban J connectivity index is 1.82. The maximum Gasteiger partial charge on any atom is 0.240 e. The lowest BCUT2D eigenvalue weighted by Gasteiger charge is -2.09. The van der Waals surface area contributed by atoms with Crippen LogP contribution in [0.3, 0.4) is 0 Å². The lowest BCUT2D eigenvalue weighted by Crippen LogP contribution is -2.25. The fourth-order valence-electron chi connectivity index (χ4n) is 3.06. The zero-order valence-corrected chi connectivity index (χ0v) is 16.1. The summed E-state index contributed by atoms with van der Waals surface area (Å²) in [5, 5.41) is 1.09. The molecule has 2 aromatic carbocycles. The highest BCUT2D eigenvalue weighted by molar-refractivity contribution is 7.89. The molecule has 0 saturated heterocycles. The second-order valence-electron chi connectivity index (χ2n) is 6.50. The topological polar surface area (TPSA) is 60.3 Å². The minimum Gasteiger partial charge on any atom is -0.497 e. The van der Waals surface area contributed by atoms with Crippen molar-refractivity contribution in [3.05, 3.63) is 60.3 Å². The molecule has 0 amide bonds. The van der Waals surface area contributed by atoms with Crippen molar-refractivity contribution in [2.75, 3.05) is 13.7 Å². The first-order valence-corrected chi connectivity index (χ1v) is 10.1. The second kappa shape index (κ2) is 7.51. The Morgan fingerprint density at radius 1 is 1.12 bits per heavy atom. The van der Waals surface area contributed by atoms with Gasteiger partial charge in [-0.2, -0.15) is 0 Å². The molecule has 5 nitrogen and oxygen atoms in total. The summed E-state index contributed by atoms with van der Waals surface area (Å²) < 4.78 is 35.0. The van der Waals surface area contributed by atoms with Crippen molar-refractivity contribution >= 4 is 20.9 Å². The van der Waals surface area contributed by atoms with Crippen molar-refractivity contribution in [1.29, 1.82) is 0 Å². The van der Waals surface area contributed by atoms with Crippen molar-refractivity contribution in [1.82, 2.24) is 9.29 Å². The van der Waals surface area contributed by atoms with Gasteiger partial charge in [-0.05, 0) is 56.2 Å². The number of sulfonamides is 1. The molecule has 0 atom stereocenters. The number of fused-ring (bicyclic) bond motifs is 1. The van der Waals surface area contributed by atoms with Crippen molar-refractivity contribution in [2.45, 2.75) is 31.2 Å². The van der Waals surface area contributed by atoms with E-state index in [-0.39, 0.29) is 4.90 Å². The van der Waals surface area contributed by atoms with Crippen molar-refractivity contribution in [3.8, 4) is 5.75 Å². The molecular weight excluding hydrogens is 348 g/mol. The third-order valence-corrected chi connectivity index (χ3v) is 5.90. The molecule has 6 heteroatoms. The molecule has 1 heterocycles. The Labute approximate surface area is 154 Å². The van der Waals surface area contributed by atoms with Crippen molar-refractivity contribution < 1.29 is 13.2 Å². The van der Waals surface area contributed by atoms with Gasteiger partial charge in [0.05, 0.1) is 12.0 Å². The number of rotatable bonds is 7. The Morgan fingerprint density at radius 2 is 1.85 bits per heavy atom. The fraction of sp³-hybridized carbons (Fsp3) is 0.300. The summed E-state index contributed by atoms with van der Waals surface area (Å²) >= 11 is 0. The lowest BCUT2D eigenvalue weighted by atomic mass is 10.1. The normalized spacial score (nSPS) is 12.0. The van der Waals surface area contributed by atoms with Crippen LogP contribution >= 0.6 is 0 Å². The van der Waals surface area contributed by atoms with E-state index in [1.54, 1.807) is 37.4 Å². The van der Waals surface area contributed by atoms with E-state index in [1.807, 2.05) is 18.2 Å². The third-order valence-electron chi connectivity index (χ3n) is 4.42. The van der Waals surface area contributed by atoms with Crippen molar-refractivity contribution in [2.24, 2.45) is 0 Å². The van der Waals surface area contributed by atoms with Crippen LogP contribution in [-0.4, -0.2) is 26.6 Å². The molecule has 138 valence electrons. The number of aromatic nitrogens is 1. The van der Waals surface area contributed by atoms with E-state index in [0.29, 0.717) is 19.0 Å². The van der Waals surface area contributed by atoms with Crippen LogP contribution in [0.15, 0.2) is 59.6 Å². The van der Waals surface area contributed by atoms with Crippen LogP contribution in [0.4, 0.5) is 0 Å². The number of hydrogen-bond acceptors (Lipinski definition) is 3. The summed E-state index contributed by atoms with van der Waals surface area (Å²) in [4.78, 5) is 0.284. The lowest BCUT2D eigenvalue weighted by molar-refractivity contribution is 0.415. The number of methoxy groups -OCH3 is 1. The first-order chi connectivity index (χ1) is 12.4. The maximum atomic E-state index is 12.4. The zero-order valence-electron chi connectivity index (χ0n) is 15.3. The number of nitrogens with one attached hydrogen (secondary N) is 1. The largest absolute Gasteiger partial charge is 0.497 e. The summed E-state index contributed by atoms with van der Waals surface area (Å²) in [5.41, 5.74) is 2.23. The minimum atomic E-state index is -3.49. The van der Waals surface area contributed by atoms with Gasteiger partial charge in [0.2, 0.25) is 10.0 Å². The molecule has 1 N–H and O–H groups in total. The average molecular weight is 372 g/mol. The van der Waals surface area contributed by atoms with Gasteiger partial charge in [-0.25, -0.2) is 13.1 Å². The maximum absolute atomic E-state index is 12.4. The van der Waals surface area contributed by atoms with E-state index in [4.69, 9.17) is 4.74 Å². The molecule has 0 bridgehead atoms. The molecule has 0 aliphatic rings. The van der Waals surface area contributed by atoms with Gasteiger partial charge in [0.25, 0.3) is 0 Å². The highest BCUT2D eigenvalue weighted by Gasteiger charge is 2.15. The average Bonchev–Trinajstić information content (AvgIpc) is 3.00. The standard InChI is InChI=1S/C20H24N2O3S/c1-15(2)22-14-16(19-13-17(25-3)9-10-20(19)22)11-12-21-26(23,24)18-7-5-4-6-8-18/h4-10,13-15,21H,11-12H2,1-3H3. The van der Waals surface area contributed by atoms with Crippen LogP contribution in [0.25, 0.3) is 10.9 Å². The SMILES string of the molecule is COc1ccc2c(c1)c(CCNS(=O)(=O)c1ccccc1)cn2C(C)C. The van der Waals surface area contributed by atoms with Crippen LogP contribution in [0, 0.1) is 0 Å². The Morgan fingerprint density at radius 3 is 2.50 bits per heavy atom. The highest BCUT2D eigenvalue weighted by Crippen LogP contribution is 2.28. The van der Waals surface area contributed by atoms with Crippen LogP contribution < -0.4 is 9.46 Å². The van der Waals surface area contributed by atoms with E-state index >= 15 is 0 Å². The minimum absolute atomic E-state index is 0.284. The van der Waals surface area contributed by atoms with E-state index in [1.165, 1.54) is 0 Å². The van der Waals surface area contributed by atoms with Gasteiger partial charge >= 0.3 is 0 Å². The monoisotopic (exact) mass is 372 g/mol. The van der Waals surface area contributed by atoms with E-state index in [2.05, 4.69) is 29.3 Å². The molecule has 3 aromatic rings. The Bertz CT molecular complexity index is 993. The van der Waals surface area contributed by atoms with Gasteiger partial charge in [-0.15, -0.1) is 0 Å². The van der Waals surface area contributed by atoms with Crippen molar-refractivity contribution in [3.63, 3.8) is 0 Å². The summed E-state index contributed by atoms with van der Waals surface area (Å²) in [5.74, 6) is 0.796. The van der Waals surface area contributed by atoms with Crippen LogP contribution in [0.1, 0.15) is 25.5 Å². The molecule has 0 aliphatic carbocycles. The first-order valence-electron chi connectivity index (χ1n) is 8.64. The van der Waals surface area contributed by atoms with Crippen LogP contribution in [0.5, 0.6) is 5.75 Å². The number of ether oxygens (including phenoxy) is 1. The molecule has 0 saturated carbocycles.